The minimum Gasteiger partial charge on any atom is -0.482 e. The molecule has 1 aromatic heterocycles. The van der Waals surface area contributed by atoms with Gasteiger partial charge in [-0.2, -0.15) is 0 Å². The van der Waals surface area contributed by atoms with E-state index in [4.69, 9.17) is 9.47 Å². The Morgan fingerprint density at radius 2 is 2.16 bits per heavy atom. The Balaban J connectivity index is 1.65. The van der Waals surface area contributed by atoms with E-state index in [1.54, 1.807) is 6.07 Å². The molecule has 0 radical (unpaired) electrons. The molecule has 0 saturated heterocycles. The lowest BCUT2D eigenvalue weighted by atomic mass is 10.2. The fraction of sp³-hybridized carbons (Fsp3) is 0.294. The van der Waals surface area contributed by atoms with Crippen LogP contribution in [0, 0.1) is 10.1 Å². The molecule has 2 rings (SSSR count). The number of nitrogens with zero attached hydrogens (tertiary/aromatic N) is 2. The van der Waals surface area contributed by atoms with E-state index in [-0.39, 0.29) is 18.9 Å². The van der Waals surface area contributed by atoms with Crippen LogP contribution in [0.15, 0.2) is 42.6 Å². The van der Waals surface area contributed by atoms with Gasteiger partial charge in [-0.05, 0) is 30.2 Å². The molecule has 8 heteroatoms. The molecule has 132 valence electrons. The number of aryl methyl sites for hydroxylation is 1. The third-order valence-electron chi connectivity index (χ3n) is 3.29. The van der Waals surface area contributed by atoms with E-state index in [0.29, 0.717) is 18.1 Å². The number of carbonyl (C=O) groups excluding carboxylic acids is 1. The molecular weight excluding hydrogens is 326 g/mol. The van der Waals surface area contributed by atoms with Gasteiger partial charge >= 0.3 is 5.97 Å². The fourth-order valence-corrected chi connectivity index (χ4v) is 1.98. The van der Waals surface area contributed by atoms with Crippen molar-refractivity contribution < 1.29 is 19.2 Å². The predicted octanol–water partition coefficient (Wildman–Crippen LogP) is 2.59. The van der Waals surface area contributed by atoms with Gasteiger partial charge in [0.05, 0.1) is 11.5 Å². The van der Waals surface area contributed by atoms with Crippen molar-refractivity contribution in [3.63, 3.8) is 0 Å². The smallest absolute Gasteiger partial charge is 0.344 e. The number of nitro groups is 1. The number of anilines is 1. The molecule has 1 N–H and O–H groups in total. The zero-order chi connectivity index (χ0) is 18.1. The summed E-state index contributed by atoms with van der Waals surface area (Å²) >= 11 is 0. The topological polar surface area (TPSA) is 104 Å². The number of hydrogen-bond acceptors (Lipinski definition) is 7. The van der Waals surface area contributed by atoms with Gasteiger partial charge in [0.2, 0.25) is 0 Å². The second kappa shape index (κ2) is 9.21. The average molecular weight is 345 g/mol. The lowest BCUT2D eigenvalue weighted by Crippen LogP contribution is -2.19. The van der Waals surface area contributed by atoms with Crippen LogP contribution in [0.1, 0.15) is 12.5 Å². The molecule has 0 saturated carbocycles. The lowest BCUT2D eigenvalue weighted by molar-refractivity contribution is -0.385. The average Bonchev–Trinajstić information content (AvgIpc) is 2.64. The van der Waals surface area contributed by atoms with Crippen LogP contribution in [0.2, 0.25) is 0 Å². The Hall–Kier alpha value is -3.16. The van der Waals surface area contributed by atoms with Crippen molar-refractivity contribution >= 4 is 17.5 Å². The molecule has 0 atom stereocenters. The molecule has 0 aliphatic carbocycles. The van der Waals surface area contributed by atoms with Crippen molar-refractivity contribution in [2.75, 3.05) is 25.1 Å². The van der Waals surface area contributed by atoms with Gasteiger partial charge in [-0.25, -0.2) is 9.78 Å². The van der Waals surface area contributed by atoms with E-state index in [9.17, 15) is 14.9 Å². The minimum atomic E-state index is -0.519. The summed E-state index contributed by atoms with van der Waals surface area (Å²) in [6.07, 6.45) is 2.05. The summed E-state index contributed by atoms with van der Waals surface area (Å²) in [5, 5.41) is 13.4. The van der Waals surface area contributed by atoms with Crippen molar-refractivity contribution in [3.05, 3.63) is 58.3 Å². The highest BCUT2D eigenvalue weighted by molar-refractivity contribution is 5.71. The first kappa shape index (κ1) is 18.2. The number of ether oxygens (including phenoxy) is 2. The Morgan fingerprint density at radius 1 is 1.32 bits per heavy atom. The molecular formula is C17H19N3O5. The molecule has 1 heterocycles. The minimum absolute atomic E-state index is 0.0822. The number of nitrogens with one attached hydrogen (secondary N) is 1. The summed E-state index contributed by atoms with van der Waals surface area (Å²) in [6, 6.07) is 10.4. The highest BCUT2D eigenvalue weighted by atomic mass is 16.6. The molecule has 0 aliphatic heterocycles. The molecule has 0 aliphatic rings. The maximum absolute atomic E-state index is 11.6. The van der Waals surface area contributed by atoms with Gasteiger partial charge in [-0.1, -0.05) is 19.1 Å². The number of pyridine rings is 1. The van der Waals surface area contributed by atoms with E-state index in [2.05, 4.69) is 10.3 Å². The van der Waals surface area contributed by atoms with Gasteiger partial charge < -0.3 is 14.8 Å². The van der Waals surface area contributed by atoms with E-state index < -0.39 is 10.9 Å². The lowest BCUT2D eigenvalue weighted by Gasteiger charge is -2.09. The molecule has 0 spiro atoms. The van der Waals surface area contributed by atoms with Crippen molar-refractivity contribution in [3.8, 4) is 5.75 Å². The maximum Gasteiger partial charge on any atom is 0.344 e. The van der Waals surface area contributed by atoms with Crippen LogP contribution < -0.4 is 10.1 Å². The van der Waals surface area contributed by atoms with Crippen molar-refractivity contribution in [2.45, 2.75) is 13.3 Å². The van der Waals surface area contributed by atoms with Crippen molar-refractivity contribution in [1.82, 2.24) is 4.98 Å². The van der Waals surface area contributed by atoms with Gasteiger partial charge in [0, 0.05) is 6.07 Å². The quantitative estimate of drug-likeness (QED) is 0.322. The highest BCUT2D eigenvalue weighted by Crippen LogP contribution is 2.13. The van der Waals surface area contributed by atoms with Crippen LogP contribution in [0.4, 0.5) is 11.5 Å². The summed E-state index contributed by atoms with van der Waals surface area (Å²) in [6.45, 7) is 2.35. The first-order chi connectivity index (χ1) is 12.1. The van der Waals surface area contributed by atoms with Gasteiger partial charge in [-0.3, -0.25) is 10.1 Å². The van der Waals surface area contributed by atoms with Gasteiger partial charge in [0.1, 0.15) is 24.4 Å². The monoisotopic (exact) mass is 345 g/mol. The standard InChI is InChI=1S/C17H19N3O5/c1-2-13-4-3-5-15(10-13)25-12-17(21)24-9-8-18-16-7-6-14(11-19-16)20(22)23/h3-7,10-11H,2,8-9,12H2,1H3,(H,18,19). The fourth-order valence-electron chi connectivity index (χ4n) is 1.98. The van der Waals surface area contributed by atoms with Gasteiger partial charge in [0.15, 0.2) is 6.61 Å². The number of aromatic nitrogens is 1. The third-order valence-corrected chi connectivity index (χ3v) is 3.29. The largest absolute Gasteiger partial charge is 0.482 e. The molecule has 0 amide bonds. The Labute approximate surface area is 144 Å². The van der Waals surface area contributed by atoms with Gasteiger partial charge in [-0.15, -0.1) is 0 Å². The van der Waals surface area contributed by atoms with Crippen LogP contribution in [-0.2, 0) is 16.0 Å². The summed E-state index contributed by atoms with van der Waals surface area (Å²) < 4.78 is 10.4. The highest BCUT2D eigenvalue weighted by Gasteiger charge is 2.06. The number of hydrogen-bond donors (Lipinski definition) is 1. The molecule has 0 unspecified atom stereocenters. The third kappa shape index (κ3) is 6.09. The van der Waals surface area contributed by atoms with Crippen LogP contribution in [0.5, 0.6) is 5.75 Å². The summed E-state index contributed by atoms with van der Waals surface area (Å²) in [7, 11) is 0. The molecule has 8 nitrogen and oxygen atoms in total. The Morgan fingerprint density at radius 3 is 2.84 bits per heavy atom. The van der Waals surface area contributed by atoms with Crippen LogP contribution in [0.25, 0.3) is 0 Å². The Kier molecular flexibility index (Phi) is 6.70. The van der Waals surface area contributed by atoms with Gasteiger partial charge in [0.25, 0.3) is 5.69 Å². The number of esters is 1. The van der Waals surface area contributed by atoms with E-state index in [1.165, 1.54) is 12.1 Å². The Bertz CT molecular complexity index is 718. The number of benzene rings is 1. The van der Waals surface area contributed by atoms with E-state index >= 15 is 0 Å². The van der Waals surface area contributed by atoms with Crippen LogP contribution in [-0.4, -0.2) is 35.6 Å². The van der Waals surface area contributed by atoms with Crippen molar-refractivity contribution in [1.29, 1.82) is 0 Å². The maximum atomic E-state index is 11.6. The molecule has 25 heavy (non-hydrogen) atoms. The summed E-state index contributed by atoms with van der Waals surface area (Å²) in [5.74, 6) is 0.624. The second-order valence-corrected chi connectivity index (χ2v) is 5.10. The SMILES string of the molecule is CCc1cccc(OCC(=O)OCCNc2ccc([N+](=O)[O-])cn2)c1. The predicted molar refractivity (Wildman–Crippen MR) is 91.7 cm³/mol. The zero-order valence-corrected chi connectivity index (χ0v) is 13.8. The normalized spacial score (nSPS) is 10.1. The van der Waals surface area contributed by atoms with Crippen LogP contribution >= 0.6 is 0 Å². The first-order valence-corrected chi connectivity index (χ1v) is 7.80. The summed E-state index contributed by atoms with van der Waals surface area (Å²) in [5.41, 5.74) is 1.05. The van der Waals surface area contributed by atoms with E-state index in [0.717, 1.165) is 18.2 Å². The summed E-state index contributed by atoms with van der Waals surface area (Å²) in [4.78, 5) is 25.5. The molecule has 0 bridgehead atoms. The molecule has 2 aromatic rings. The second-order valence-electron chi connectivity index (χ2n) is 5.10. The zero-order valence-electron chi connectivity index (χ0n) is 13.8. The van der Waals surface area contributed by atoms with Crippen LogP contribution in [0.3, 0.4) is 0 Å². The first-order valence-electron chi connectivity index (χ1n) is 7.80. The number of carbonyl (C=O) groups is 1. The molecule has 1 aromatic carbocycles. The molecule has 0 fully saturated rings. The number of rotatable bonds is 9. The van der Waals surface area contributed by atoms with E-state index in [1.807, 2.05) is 25.1 Å². The van der Waals surface area contributed by atoms with Crippen molar-refractivity contribution in [2.24, 2.45) is 0 Å².